The van der Waals surface area contributed by atoms with Crippen molar-refractivity contribution in [2.75, 3.05) is 5.32 Å². The van der Waals surface area contributed by atoms with E-state index in [1.165, 1.54) is 28.7 Å². The molecule has 1 aromatic carbocycles. The largest absolute Gasteiger partial charge is 0.419 e. The van der Waals surface area contributed by atoms with Crippen molar-refractivity contribution in [3.63, 3.8) is 0 Å². The van der Waals surface area contributed by atoms with Gasteiger partial charge in [0, 0.05) is 31.6 Å². The number of rotatable bonds is 4. The number of benzene rings is 1. The molecule has 0 aliphatic carbocycles. The second kappa shape index (κ2) is 7.14. The molecule has 0 fully saturated rings. The highest BCUT2D eigenvalue weighted by Crippen LogP contribution is 2.22. The van der Waals surface area contributed by atoms with Crippen molar-refractivity contribution in [3.05, 3.63) is 59.1 Å². The van der Waals surface area contributed by atoms with Gasteiger partial charge in [0.05, 0.1) is 17.2 Å². The lowest BCUT2D eigenvalue weighted by Crippen LogP contribution is -2.33. The van der Waals surface area contributed by atoms with Gasteiger partial charge < -0.3 is 15.1 Å². The average Bonchev–Trinajstić information content (AvgIpc) is 3.29. The molecular formula is C17H15FN8O3. The predicted molar refractivity (Wildman–Crippen MR) is 98.9 cm³/mol. The number of nitrogens with one attached hydrogen (secondary N) is 2. The maximum absolute atomic E-state index is 14.3. The van der Waals surface area contributed by atoms with Gasteiger partial charge in [-0.15, -0.1) is 0 Å². The van der Waals surface area contributed by atoms with Crippen LogP contribution in [0.3, 0.4) is 0 Å². The molecule has 1 atom stereocenters. The van der Waals surface area contributed by atoms with Crippen molar-refractivity contribution >= 4 is 22.8 Å². The van der Waals surface area contributed by atoms with Crippen LogP contribution in [-0.2, 0) is 7.05 Å². The molecule has 0 radical (unpaired) electrons. The lowest BCUT2D eigenvalue weighted by Gasteiger charge is -2.15. The molecule has 0 bridgehead atoms. The summed E-state index contributed by atoms with van der Waals surface area (Å²) in [7, 11) is 1.46. The summed E-state index contributed by atoms with van der Waals surface area (Å²) in [6, 6.07) is 2.75. The SMILES string of the molecule is C[C@H](NC(=O)Nc1cc2oc(=O)n(C)c2cc1F)c1ncnn1-c1ncccn1. The van der Waals surface area contributed by atoms with Gasteiger partial charge in [-0.25, -0.2) is 28.9 Å². The molecule has 3 heterocycles. The third kappa shape index (κ3) is 3.42. The molecule has 0 saturated carbocycles. The van der Waals surface area contributed by atoms with Crippen molar-refractivity contribution < 1.29 is 13.6 Å². The standard InChI is InChI=1S/C17H15FN8O3/c1-9(14-21-8-22-26(14)15-19-4-3-5-20-15)23-16(27)24-11-7-13-12(6-10(11)18)25(2)17(28)29-13/h3-9H,1-2H3,(H2,23,24,27)/t9-/m0/s1. The highest BCUT2D eigenvalue weighted by atomic mass is 19.1. The lowest BCUT2D eigenvalue weighted by atomic mass is 10.2. The highest BCUT2D eigenvalue weighted by Gasteiger charge is 2.19. The first-order chi connectivity index (χ1) is 13.9. The summed E-state index contributed by atoms with van der Waals surface area (Å²) in [5.74, 6) is -0.657. The van der Waals surface area contributed by atoms with Gasteiger partial charge >= 0.3 is 11.8 Å². The Hall–Kier alpha value is -4.09. The highest BCUT2D eigenvalue weighted by molar-refractivity contribution is 5.92. The van der Waals surface area contributed by atoms with E-state index in [-0.39, 0.29) is 16.8 Å². The number of oxazole rings is 1. The van der Waals surface area contributed by atoms with Crippen molar-refractivity contribution in [3.8, 4) is 5.95 Å². The summed E-state index contributed by atoms with van der Waals surface area (Å²) in [5.41, 5.74) is 0.301. The van der Waals surface area contributed by atoms with E-state index in [0.717, 1.165) is 6.07 Å². The van der Waals surface area contributed by atoms with E-state index in [2.05, 4.69) is 30.7 Å². The van der Waals surface area contributed by atoms with E-state index >= 15 is 0 Å². The average molecular weight is 398 g/mol. The number of carbonyl (C=O) groups is 1. The molecule has 2 amide bonds. The van der Waals surface area contributed by atoms with Crippen molar-refractivity contribution in [1.29, 1.82) is 0 Å². The molecule has 12 heteroatoms. The van der Waals surface area contributed by atoms with E-state index in [1.807, 2.05) is 0 Å². The Morgan fingerprint density at radius 1 is 1.24 bits per heavy atom. The molecule has 4 aromatic rings. The fraction of sp³-hybridized carbons (Fsp3) is 0.176. The maximum Gasteiger partial charge on any atom is 0.419 e. The number of urea groups is 1. The number of fused-ring (bicyclic) bond motifs is 1. The summed E-state index contributed by atoms with van der Waals surface area (Å²) in [4.78, 5) is 36.2. The number of halogens is 1. The van der Waals surface area contributed by atoms with Gasteiger partial charge in [0.2, 0.25) is 0 Å². The molecular weight excluding hydrogens is 383 g/mol. The molecule has 29 heavy (non-hydrogen) atoms. The Balaban J connectivity index is 1.52. The molecule has 0 unspecified atom stereocenters. The Morgan fingerprint density at radius 3 is 2.76 bits per heavy atom. The molecule has 0 saturated heterocycles. The smallest absolute Gasteiger partial charge is 0.408 e. The summed E-state index contributed by atoms with van der Waals surface area (Å²) < 4.78 is 21.9. The van der Waals surface area contributed by atoms with Crippen LogP contribution in [0.1, 0.15) is 18.8 Å². The Morgan fingerprint density at radius 2 is 2.00 bits per heavy atom. The Bertz CT molecular complexity index is 1250. The zero-order valence-electron chi connectivity index (χ0n) is 15.3. The topological polar surface area (TPSA) is 133 Å². The van der Waals surface area contributed by atoms with Crippen LogP contribution in [0.25, 0.3) is 17.0 Å². The monoisotopic (exact) mass is 398 g/mol. The first-order valence-electron chi connectivity index (χ1n) is 8.48. The van der Waals surface area contributed by atoms with Crippen LogP contribution in [0.15, 0.2) is 46.1 Å². The van der Waals surface area contributed by atoms with Crippen LogP contribution in [-0.4, -0.2) is 35.3 Å². The summed E-state index contributed by atoms with van der Waals surface area (Å²) in [5, 5.41) is 9.10. The van der Waals surface area contributed by atoms with Crippen molar-refractivity contribution in [2.45, 2.75) is 13.0 Å². The summed E-state index contributed by atoms with van der Waals surface area (Å²) >= 11 is 0. The predicted octanol–water partition coefficient (Wildman–Crippen LogP) is 1.52. The summed E-state index contributed by atoms with van der Waals surface area (Å²) in [6.07, 6.45) is 4.42. The minimum Gasteiger partial charge on any atom is -0.408 e. The van der Waals surface area contributed by atoms with Gasteiger partial charge in [0.1, 0.15) is 12.1 Å². The number of hydrogen-bond donors (Lipinski definition) is 2. The second-order valence-electron chi connectivity index (χ2n) is 6.13. The minimum absolute atomic E-state index is 0.135. The Kier molecular flexibility index (Phi) is 4.50. The third-order valence-corrected chi connectivity index (χ3v) is 4.18. The van der Waals surface area contributed by atoms with E-state index in [4.69, 9.17) is 4.42 Å². The van der Waals surface area contributed by atoms with Crippen LogP contribution < -0.4 is 16.4 Å². The van der Waals surface area contributed by atoms with E-state index < -0.39 is 23.6 Å². The van der Waals surface area contributed by atoms with E-state index in [1.54, 1.807) is 25.4 Å². The van der Waals surface area contributed by atoms with Gasteiger partial charge in [-0.1, -0.05) is 0 Å². The third-order valence-electron chi connectivity index (χ3n) is 4.18. The number of hydrogen-bond acceptors (Lipinski definition) is 7. The maximum atomic E-state index is 14.3. The fourth-order valence-corrected chi connectivity index (χ4v) is 2.76. The molecule has 4 rings (SSSR count). The van der Waals surface area contributed by atoms with Crippen LogP contribution in [0.2, 0.25) is 0 Å². The number of anilines is 1. The molecule has 2 N–H and O–H groups in total. The first kappa shape index (κ1) is 18.3. The summed E-state index contributed by atoms with van der Waals surface area (Å²) in [6.45, 7) is 1.68. The number of aromatic nitrogens is 6. The van der Waals surface area contributed by atoms with Crippen LogP contribution in [0.5, 0.6) is 0 Å². The molecule has 0 aliphatic heterocycles. The molecule has 0 aliphatic rings. The van der Waals surface area contributed by atoms with Gasteiger partial charge in [-0.2, -0.15) is 9.78 Å². The molecule has 148 valence electrons. The lowest BCUT2D eigenvalue weighted by molar-refractivity contribution is 0.248. The molecule has 0 spiro atoms. The number of amides is 2. The van der Waals surface area contributed by atoms with E-state index in [9.17, 15) is 14.0 Å². The first-order valence-corrected chi connectivity index (χ1v) is 8.48. The van der Waals surface area contributed by atoms with Gasteiger partial charge in [-0.3, -0.25) is 4.57 Å². The van der Waals surface area contributed by atoms with Crippen molar-refractivity contribution in [1.82, 2.24) is 34.6 Å². The normalized spacial score (nSPS) is 12.1. The van der Waals surface area contributed by atoms with Crippen LogP contribution >= 0.6 is 0 Å². The Labute approximate surface area is 162 Å². The van der Waals surface area contributed by atoms with Crippen molar-refractivity contribution in [2.24, 2.45) is 7.05 Å². The zero-order chi connectivity index (χ0) is 20.5. The molecule has 11 nitrogen and oxygen atoms in total. The van der Waals surface area contributed by atoms with Crippen LogP contribution in [0.4, 0.5) is 14.9 Å². The molecule has 3 aromatic heterocycles. The number of aryl methyl sites for hydroxylation is 1. The fourth-order valence-electron chi connectivity index (χ4n) is 2.76. The number of carbonyl (C=O) groups excluding carboxylic acids is 1. The minimum atomic E-state index is -0.711. The quantitative estimate of drug-likeness (QED) is 0.532. The van der Waals surface area contributed by atoms with Gasteiger partial charge in [0.15, 0.2) is 11.4 Å². The van der Waals surface area contributed by atoms with Gasteiger partial charge in [0.25, 0.3) is 5.95 Å². The van der Waals surface area contributed by atoms with E-state index in [0.29, 0.717) is 11.8 Å². The van der Waals surface area contributed by atoms with Crippen LogP contribution in [0, 0.1) is 5.82 Å². The van der Waals surface area contributed by atoms with Gasteiger partial charge in [-0.05, 0) is 13.0 Å². The number of nitrogens with zero attached hydrogens (tertiary/aromatic N) is 6. The second-order valence-corrected chi connectivity index (χ2v) is 6.13. The zero-order valence-corrected chi connectivity index (χ0v) is 15.3.